The molecule has 2 aromatic heterocycles. The summed E-state index contributed by atoms with van der Waals surface area (Å²) >= 11 is 0. The second kappa shape index (κ2) is 8.18. The second-order valence-corrected chi connectivity index (χ2v) is 8.88. The number of aromatic nitrogens is 3. The van der Waals surface area contributed by atoms with Crippen molar-refractivity contribution in [1.82, 2.24) is 20.1 Å². The Kier molecular flexibility index (Phi) is 5.54. The highest BCUT2D eigenvalue weighted by Gasteiger charge is 2.39. The van der Waals surface area contributed by atoms with Gasteiger partial charge in [-0.1, -0.05) is 13.8 Å². The average Bonchev–Trinajstić information content (AvgIpc) is 3.28. The lowest BCUT2D eigenvalue weighted by atomic mass is 9.92. The van der Waals surface area contributed by atoms with E-state index in [1.165, 1.54) is 12.1 Å². The van der Waals surface area contributed by atoms with Gasteiger partial charge in [-0.3, -0.25) is 14.3 Å². The Bertz CT molecular complexity index is 1200. The molecule has 4 rings (SSSR count). The first-order valence-corrected chi connectivity index (χ1v) is 10.5. The van der Waals surface area contributed by atoms with Gasteiger partial charge >= 0.3 is 0 Å². The maximum atomic E-state index is 14.2. The molecule has 0 atom stereocenters. The Morgan fingerprint density at radius 2 is 1.97 bits per heavy atom. The molecule has 1 aliphatic heterocycles. The number of rotatable bonds is 5. The van der Waals surface area contributed by atoms with Crippen molar-refractivity contribution in [3.8, 4) is 11.1 Å². The van der Waals surface area contributed by atoms with E-state index < -0.39 is 5.41 Å². The fourth-order valence-electron chi connectivity index (χ4n) is 3.90. The summed E-state index contributed by atoms with van der Waals surface area (Å²) in [7, 11) is 1.80. The number of hydrogen-bond donors (Lipinski definition) is 1. The molecule has 0 radical (unpaired) electrons. The van der Waals surface area contributed by atoms with Gasteiger partial charge in [0.05, 0.1) is 6.20 Å². The standard InChI is InChI=1S/C24H26FN5O2/c1-15-7-20(30-6-5-24(2,3)23(30)32)11-21(28-15)22(31)26-12-16-8-17(10-19(25)9-16)18-13-27-29(4)14-18/h7-11,13-14H,5-6,12H2,1-4H3,(H,26,31). The first-order valence-electron chi connectivity index (χ1n) is 10.5. The molecule has 1 saturated heterocycles. The number of halogens is 1. The molecule has 1 N–H and O–H groups in total. The minimum absolute atomic E-state index is 0.0390. The molecule has 2 amide bonds. The number of carbonyl (C=O) groups excluding carboxylic acids is 2. The molecule has 3 aromatic rings. The molecule has 1 aliphatic rings. The number of amides is 2. The molecule has 0 aliphatic carbocycles. The number of benzene rings is 1. The average molecular weight is 436 g/mol. The molecule has 166 valence electrons. The maximum absolute atomic E-state index is 14.2. The van der Waals surface area contributed by atoms with Crippen molar-refractivity contribution < 1.29 is 14.0 Å². The predicted molar refractivity (Wildman–Crippen MR) is 119 cm³/mol. The van der Waals surface area contributed by atoms with E-state index in [0.29, 0.717) is 29.1 Å². The van der Waals surface area contributed by atoms with E-state index in [1.807, 2.05) is 26.0 Å². The monoisotopic (exact) mass is 435 g/mol. The lowest BCUT2D eigenvalue weighted by molar-refractivity contribution is -0.123. The van der Waals surface area contributed by atoms with Gasteiger partial charge in [0.2, 0.25) is 5.91 Å². The Labute approximate surface area is 186 Å². The number of nitrogens with one attached hydrogen (secondary N) is 1. The quantitative estimate of drug-likeness (QED) is 0.664. The molecular formula is C24H26FN5O2. The van der Waals surface area contributed by atoms with Crippen LogP contribution in [0.15, 0.2) is 42.7 Å². The molecule has 1 aromatic carbocycles. The summed E-state index contributed by atoms with van der Waals surface area (Å²) in [5.74, 6) is -0.730. The van der Waals surface area contributed by atoms with Gasteiger partial charge in [0.25, 0.3) is 5.91 Å². The fourth-order valence-corrected chi connectivity index (χ4v) is 3.90. The molecular weight excluding hydrogens is 409 g/mol. The summed E-state index contributed by atoms with van der Waals surface area (Å²) in [5.41, 5.74) is 3.24. The minimum Gasteiger partial charge on any atom is -0.347 e. The maximum Gasteiger partial charge on any atom is 0.270 e. The summed E-state index contributed by atoms with van der Waals surface area (Å²) < 4.78 is 15.8. The predicted octanol–water partition coefficient (Wildman–Crippen LogP) is 3.62. The van der Waals surface area contributed by atoms with Crippen molar-refractivity contribution in [1.29, 1.82) is 0 Å². The zero-order valence-electron chi connectivity index (χ0n) is 18.6. The minimum atomic E-state index is -0.414. The van der Waals surface area contributed by atoms with E-state index in [1.54, 1.807) is 42.0 Å². The number of hydrogen-bond acceptors (Lipinski definition) is 4. The van der Waals surface area contributed by atoms with Gasteiger partial charge < -0.3 is 10.2 Å². The molecule has 0 unspecified atom stereocenters. The van der Waals surface area contributed by atoms with Crippen molar-refractivity contribution in [3.05, 3.63) is 65.5 Å². The lowest BCUT2D eigenvalue weighted by Gasteiger charge is -2.20. The molecule has 7 nitrogen and oxygen atoms in total. The number of pyridine rings is 1. The Hall–Kier alpha value is -3.55. The molecule has 8 heteroatoms. The van der Waals surface area contributed by atoms with Crippen LogP contribution in [0.3, 0.4) is 0 Å². The molecule has 0 bridgehead atoms. The number of nitrogens with zero attached hydrogens (tertiary/aromatic N) is 4. The Morgan fingerprint density at radius 1 is 1.19 bits per heavy atom. The highest BCUT2D eigenvalue weighted by Crippen LogP contribution is 2.34. The van der Waals surface area contributed by atoms with Crippen LogP contribution in [0.4, 0.5) is 10.1 Å². The van der Waals surface area contributed by atoms with Crippen molar-refractivity contribution >= 4 is 17.5 Å². The normalized spacial score (nSPS) is 15.3. The van der Waals surface area contributed by atoms with Crippen molar-refractivity contribution in [2.24, 2.45) is 12.5 Å². The van der Waals surface area contributed by atoms with E-state index in [0.717, 1.165) is 12.0 Å². The Balaban J connectivity index is 1.51. The third-order valence-electron chi connectivity index (χ3n) is 5.72. The topological polar surface area (TPSA) is 80.1 Å². The van der Waals surface area contributed by atoms with Gasteiger partial charge in [0, 0.05) is 48.7 Å². The van der Waals surface area contributed by atoms with Crippen LogP contribution in [-0.4, -0.2) is 33.1 Å². The SMILES string of the molecule is Cc1cc(N2CCC(C)(C)C2=O)cc(C(=O)NCc2cc(F)cc(-c3cnn(C)c3)c2)n1. The third kappa shape index (κ3) is 4.39. The van der Waals surface area contributed by atoms with Gasteiger partial charge in [-0.2, -0.15) is 5.10 Å². The van der Waals surface area contributed by atoms with E-state index >= 15 is 0 Å². The zero-order chi connectivity index (χ0) is 23.0. The first-order chi connectivity index (χ1) is 15.1. The summed E-state index contributed by atoms with van der Waals surface area (Å²) in [4.78, 5) is 31.5. The highest BCUT2D eigenvalue weighted by atomic mass is 19.1. The zero-order valence-corrected chi connectivity index (χ0v) is 18.6. The van der Waals surface area contributed by atoms with Crippen LogP contribution in [0.5, 0.6) is 0 Å². The molecule has 32 heavy (non-hydrogen) atoms. The second-order valence-electron chi connectivity index (χ2n) is 8.88. The van der Waals surface area contributed by atoms with Crippen LogP contribution in [0, 0.1) is 18.2 Å². The summed E-state index contributed by atoms with van der Waals surface area (Å²) in [5, 5.41) is 6.92. The number of carbonyl (C=O) groups is 2. The third-order valence-corrected chi connectivity index (χ3v) is 5.72. The largest absolute Gasteiger partial charge is 0.347 e. The van der Waals surface area contributed by atoms with Crippen LogP contribution in [-0.2, 0) is 18.4 Å². The fraction of sp³-hybridized carbons (Fsp3) is 0.333. The molecule has 0 saturated carbocycles. The summed E-state index contributed by atoms with van der Waals surface area (Å²) in [6.07, 6.45) is 4.22. The number of anilines is 1. The van der Waals surface area contributed by atoms with E-state index in [4.69, 9.17) is 0 Å². The van der Waals surface area contributed by atoms with Crippen LogP contribution in [0.1, 0.15) is 42.0 Å². The van der Waals surface area contributed by atoms with Crippen molar-refractivity contribution in [3.63, 3.8) is 0 Å². The van der Waals surface area contributed by atoms with E-state index in [-0.39, 0.29) is 29.9 Å². The molecule has 1 fully saturated rings. The van der Waals surface area contributed by atoms with Crippen LogP contribution in [0.25, 0.3) is 11.1 Å². The van der Waals surface area contributed by atoms with Crippen molar-refractivity contribution in [2.75, 3.05) is 11.4 Å². The van der Waals surface area contributed by atoms with Crippen LogP contribution < -0.4 is 10.2 Å². The smallest absolute Gasteiger partial charge is 0.270 e. The van der Waals surface area contributed by atoms with Gasteiger partial charge in [-0.15, -0.1) is 0 Å². The number of aryl methyl sites for hydroxylation is 2. The first kappa shape index (κ1) is 21.7. The van der Waals surface area contributed by atoms with Gasteiger partial charge in [-0.25, -0.2) is 9.37 Å². The van der Waals surface area contributed by atoms with E-state index in [2.05, 4.69) is 15.4 Å². The van der Waals surface area contributed by atoms with Crippen molar-refractivity contribution in [2.45, 2.75) is 33.7 Å². The van der Waals surface area contributed by atoms with Crippen LogP contribution in [0.2, 0.25) is 0 Å². The van der Waals surface area contributed by atoms with Gasteiger partial charge in [0.1, 0.15) is 11.5 Å². The summed E-state index contributed by atoms with van der Waals surface area (Å²) in [6, 6.07) is 8.09. The van der Waals surface area contributed by atoms with Crippen LogP contribution >= 0.6 is 0 Å². The molecule has 0 spiro atoms. The lowest BCUT2D eigenvalue weighted by Crippen LogP contribution is -2.31. The highest BCUT2D eigenvalue weighted by molar-refractivity contribution is 6.01. The van der Waals surface area contributed by atoms with Gasteiger partial charge in [0.15, 0.2) is 0 Å². The van der Waals surface area contributed by atoms with Gasteiger partial charge in [-0.05, 0) is 54.8 Å². The molecule has 3 heterocycles. The Morgan fingerprint density at radius 3 is 2.62 bits per heavy atom. The van der Waals surface area contributed by atoms with E-state index in [9.17, 15) is 14.0 Å². The summed E-state index contributed by atoms with van der Waals surface area (Å²) in [6.45, 7) is 6.39.